The Labute approximate surface area is 136 Å². The molecule has 5 heteroatoms. The molecule has 2 aliphatic heterocycles. The molecule has 0 unspecified atom stereocenters. The third-order valence-electron chi connectivity index (χ3n) is 5.07. The first-order valence-corrected chi connectivity index (χ1v) is 8.25. The van der Waals surface area contributed by atoms with E-state index in [1.54, 1.807) is 0 Å². The third-order valence-corrected chi connectivity index (χ3v) is 5.07. The monoisotopic (exact) mass is 313 g/mol. The van der Waals surface area contributed by atoms with Gasteiger partial charge < -0.3 is 19.1 Å². The Hall–Kier alpha value is -1.85. The predicted molar refractivity (Wildman–Crippen MR) is 89.5 cm³/mol. The van der Waals surface area contributed by atoms with Crippen LogP contribution >= 0.6 is 0 Å². The molecular formula is C18H23N3O2. The van der Waals surface area contributed by atoms with Gasteiger partial charge in [-0.25, -0.2) is 0 Å². The quantitative estimate of drug-likeness (QED) is 0.802. The Bertz CT molecular complexity index is 739. The van der Waals surface area contributed by atoms with Crippen molar-refractivity contribution in [3.8, 4) is 0 Å². The van der Waals surface area contributed by atoms with Crippen LogP contribution in [0, 0.1) is 5.92 Å². The van der Waals surface area contributed by atoms with Crippen LogP contribution in [0.2, 0.25) is 0 Å². The van der Waals surface area contributed by atoms with Gasteiger partial charge in [-0.1, -0.05) is 6.07 Å². The van der Waals surface area contributed by atoms with Crippen molar-refractivity contribution < 1.29 is 9.53 Å². The van der Waals surface area contributed by atoms with Crippen molar-refractivity contribution in [3.63, 3.8) is 0 Å². The zero-order chi connectivity index (χ0) is 16.0. The number of ether oxygens (including phenoxy) is 1. The minimum Gasteiger partial charge on any atom is -0.379 e. The lowest BCUT2D eigenvalue weighted by molar-refractivity contribution is 0.0484. The maximum absolute atomic E-state index is 13.3. The summed E-state index contributed by atoms with van der Waals surface area (Å²) in [5.41, 5.74) is 1.90. The van der Waals surface area contributed by atoms with Crippen LogP contribution in [-0.4, -0.2) is 66.2 Å². The number of benzene rings is 1. The second-order valence-electron chi connectivity index (χ2n) is 6.90. The number of likely N-dealkylation sites (N-methyl/N-ethyl adjacent to an activating group) is 1. The molecule has 3 heterocycles. The second kappa shape index (κ2) is 5.65. The number of hydrogen-bond donors (Lipinski definition) is 0. The molecule has 4 rings (SSSR count). The molecule has 2 aromatic rings. The normalized spacial score (nSPS) is 25.6. The Morgan fingerprint density at radius 2 is 2.00 bits per heavy atom. The maximum Gasteiger partial charge on any atom is 0.254 e. The molecule has 1 aromatic heterocycles. The molecule has 0 aliphatic carbocycles. The molecule has 0 saturated carbocycles. The number of amides is 1. The van der Waals surface area contributed by atoms with E-state index in [0.29, 0.717) is 12.5 Å². The zero-order valence-electron chi connectivity index (χ0n) is 13.7. The summed E-state index contributed by atoms with van der Waals surface area (Å²) in [6.45, 7) is 4.05. The summed E-state index contributed by atoms with van der Waals surface area (Å²) >= 11 is 0. The van der Waals surface area contributed by atoms with Gasteiger partial charge in [-0.15, -0.1) is 0 Å². The summed E-state index contributed by atoms with van der Waals surface area (Å²) < 4.78 is 7.85. The van der Waals surface area contributed by atoms with E-state index in [-0.39, 0.29) is 11.9 Å². The molecule has 122 valence electrons. The van der Waals surface area contributed by atoms with Crippen LogP contribution in [-0.2, 0) is 11.8 Å². The van der Waals surface area contributed by atoms with Gasteiger partial charge in [-0.2, -0.15) is 0 Å². The fourth-order valence-electron chi connectivity index (χ4n) is 3.97. The average molecular weight is 313 g/mol. The minimum absolute atomic E-state index is 0.137. The number of carbonyl (C=O) groups excluding carboxylic acids is 1. The van der Waals surface area contributed by atoms with Crippen molar-refractivity contribution in [1.82, 2.24) is 14.4 Å². The van der Waals surface area contributed by atoms with E-state index in [2.05, 4.69) is 22.6 Å². The molecule has 2 bridgehead atoms. The topological polar surface area (TPSA) is 37.7 Å². The van der Waals surface area contributed by atoms with Crippen LogP contribution in [0.3, 0.4) is 0 Å². The summed E-state index contributed by atoms with van der Waals surface area (Å²) in [6.07, 6.45) is 2.01. The van der Waals surface area contributed by atoms with Crippen LogP contribution in [0.4, 0.5) is 0 Å². The second-order valence-corrected chi connectivity index (χ2v) is 6.90. The van der Waals surface area contributed by atoms with Gasteiger partial charge in [0.1, 0.15) is 0 Å². The van der Waals surface area contributed by atoms with E-state index in [9.17, 15) is 4.79 Å². The van der Waals surface area contributed by atoms with Crippen molar-refractivity contribution in [3.05, 3.63) is 36.0 Å². The molecule has 2 aliphatic rings. The van der Waals surface area contributed by atoms with Crippen LogP contribution in [0.25, 0.3) is 10.9 Å². The predicted octanol–water partition coefficient (Wildman–Crippen LogP) is 1.58. The van der Waals surface area contributed by atoms with Crippen molar-refractivity contribution in [2.45, 2.75) is 6.04 Å². The highest BCUT2D eigenvalue weighted by molar-refractivity contribution is 6.06. The lowest BCUT2D eigenvalue weighted by Crippen LogP contribution is -2.46. The molecule has 1 aromatic carbocycles. The van der Waals surface area contributed by atoms with Crippen molar-refractivity contribution in [2.24, 2.45) is 13.0 Å². The number of aryl methyl sites for hydroxylation is 1. The smallest absolute Gasteiger partial charge is 0.254 e. The molecule has 0 radical (unpaired) electrons. The molecule has 0 spiro atoms. The fourth-order valence-corrected chi connectivity index (χ4v) is 3.97. The maximum atomic E-state index is 13.3. The molecule has 1 amide bonds. The Kier molecular flexibility index (Phi) is 3.62. The Morgan fingerprint density at radius 1 is 1.13 bits per heavy atom. The number of rotatable bonds is 1. The largest absolute Gasteiger partial charge is 0.379 e. The summed E-state index contributed by atoms with van der Waals surface area (Å²) in [5, 5.41) is 1.04. The first kappa shape index (κ1) is 14.7. The van der Waals surface area contributed by atoms with Gasteiger partial charge in [0.2, 0.25) is 0 Å². The number of nitrogens with zero attached hydrogens (tertiary/aromatic N) is 3. The summed E-state index contributed by atoms with van der Waals surface area (Å²) in [7, 11) is 4.15. The highest BCUT2D eigenvalue weighted by atomic mass is 16.5. The molecule has 2 saturated heterocycles. The standard InChI is InChI=1S/C18H23N3O2/c1-19-8-13-9-21(14(10-19)12-23-11-13)18(22)16-4-3-5-17-15(16)6-7-20(17)2/h3-7,13-14H,8-12H2,1-2H3/t13-,14-/m0/s1. The Balaban J connectivity index is 1.72. The van der Waals surface area contributed by atoms with E-state index in [1.807, 2.05) is 36.3 Å². The molecule has 23 heavy (non-hydrogen) atoms. The molecular weight excluding hydrogens is 290 g/mol. The molecule has 2 atom stereocenters. The number of fused-ring (bicyclic) bond motifs is 4. The summed E-state index contributed by atoms with van der Waals surface area (Å²) in [4.78, 5) is 17.6. The van der Waals surface area contributed by atoms with Gasteiger partial charge in [-0.05, 0) is 25.2 Å². The van der Waals surface area contributed by atoms with Crippen molar-refractivity contribution in [1.29, 1.82) is 0 Å². The van der Waals surface area contributed by atoms with Gasteiger partial charge in [0, 0.05) is 55.3 Å². The highest BCUT2D eigenvalue weighted by Crippen LogP contribution is 2.25. The van der Waals surface area contributed by atoms with Gasteiger partial charge in [0.05, 0.1) is 19.3 Å². The molecule has 5 nitrogen and oxygen atoms in total. The zero-order valence-corrected chi connectivity index (χ0v) is 13.7. The Morgan fingerprint density at radius 3 is 2.87 bits per heavy atom. The van der Waals surface area contributed by atoms with Crippen LogP contribution < -0.4 is 0 Å². The number of carbonyl (C=O) groups is 1. The van der Waals surface area contributed by atoms with Gasteiger partial charge in [0.15, 0.2) is 0 Å². The summed E-state index contributed by atoms with van der Waals surface area (Å²) in [5.74, 6) is 0.532. The molecule has 2 fully saturated rings. The van der Waals surface area contributed by atoms with Gasteiger partial charge in [0.25, 0.3) is 5.91 Å². The van der Waals surface area contributed by atoms with E-state index >= 15 is 0 Å². The van der Waals surface area contributed by atoms with E-state index < -0.39 is 0 Å². The first-order valence-electron chi connectivity index (χ1n) is 8.25. The number of hydrogen-bond acceptors (Lipinski definition) is 3. The SMILES string of the molecule is CN1C[C@@H]2COC[C@H](C1)N(C(=O)c1cccc3c1ccn3C)C2. The fraction of sp³-hybridized carbons (Fsp3) is 0.500. The lowest BCUT2D eigenvalue weighted by Gasteiger charge is -2.30. The minimum atomic E-state index is 0.137. The lowest BCUT2D eigenvalue weighted by atomic mass is 10.1. The van der Waals surface area contributed by atoms with Gasteiger partial charge >= 0.3 is 0 Å². The van der Waals surface area contributed by atoms with Crippen molar-refractivity contribution in [2.75, 3.05) is 39.9 Å². The van der Waals surface area contributed by atoms with E-state index in [1.165, 1.54) is 0 Å². The van der Waals surface area contributed by atoms with Crippen LogP contribution in [0.1, 0.15) is 10.4 Å². The average Bonchev–Trinajstić information content (AvgIpc) is 2.70. The molecule has 0 N–H and O–H groups in total. The summed E-state index contributed by atoms with van der Waals surface area (Å²) in [6, 6.07) is 8.16. The van der Waals surface area contributed by atoms with Crippen LogP contribution in [0.5, 0.6) is 0 Å². The highest BCUT2D eigenvalue weighted by Gasteiger charge is 2.35. The van der Waals surface area contributed by atoms with E-state index in [4.69, 9.17) is 4.74 Å². The first-order chi connectivity index (χ1) is 11.1. The van der Waals surface area contributed by atoms with Crippen molar-refractivity contribution >= 4 is 16.8 Å². The van der Waals surface area contributed by atoms with E-state index in [0.717, 1.165) is 42.7 Å². The third kappa shape index (κ3) is 2.54. The number of aromatic nitrogens is 1. The van der Waals surface area contributed by atoms with Gasteiger partial charge in [-0.3, -0.25) is 4.79 Å². The van der Waals surface area contributed by atoms with Crippen LogP contribution in [0.15, 0.2) is 30.5 Å².